The summed E-state index contributed by atoms with van der Waals surface area (Å²) in [6, 6.07) is 11.9. The molecule has 0 aliphatic carbocycles. The molecule has 0 saturated carbocycles. The topological polar surface area (TPSA) is 112 Å². The molecule has 0 radical (unpaired) electrons. The molecule has 2 aromatic rings. The Morgan fingerprint density at radius 1 is 1.28 bits per heavy atom. The Balaban J connectivity index is 2.38. The minimum Gasteiger partial charge on any atom is -0.508 e. The monoisotopic (exact) mass is 342 g/mol. The highest BCUT2D eigenvalue weighted by Crippen LogP contribution is 2.32. The van der Waals surface area contributed by atoms with E-state index in [2.05, 4.69) is 5.32 Å². The van der Waals surface area contributed by atoms with Crippen molar-refractivity contribution in [3.8, 4) is 17.6 Å². The number of aromatic hydroxyl groups is 1. The summed E-state index contributed by atoms with van der Waals surface area (Å²) in [7, 11) is 1.26. The Bertz CT molecular complexity index is 768. The third kappa shape index (κ3) is 4.62. The lowest BCUT2D eigenvalue weighted by Crippen LogP contribution is -2.23. The summed E-state index contributed by atoms with van der Waals surface area (Å²) in [5, 5.41) is 30.6. The summed E-state index contributed by atoms with van der Waals surface area (Å²) >= 11 is 0. The number of methoxy groups -OCH3 is 1. The van der Waals surface area contributed by atoms with Crippen LogP contribution in [0.5, 0.6) is 11.5 Å². The fourth-order valence-electron chi connectivity index (χ4n) is 2.24. The molecule has 2 rings (SSSR count). The summed E-state index contributed by atoms with van der Waals surface area (Å²) in [6.45, 7) is -0.144. The molecule has 7 nitrogen and oxygen atoms in total. The van der Waals surface area contributed by atoms with Crippen LogP contribution in [0, 0.1) is 11.3 Å². The average molecular weight is 342 g/mol. The predicted molar refractivity (Wildman–Crippen MR) is 90.2 cm³/mol. The lowest BCUT2D eigenvalue weighted by Gasteiger charge is -2.21. The number of nitrogens with zero attached hydrogens (tertiary/aromatic N) is 1. The van der Waals surface area contributed by atoms with Crippen LogP contribution in [-0.4, -0.2) is 36.5 Å². The van der Waals surface area contributed by atoms with Crippen molar-refractivity contribution in [2.75, 3.05) is 25.6 Å². The second-order valence-corrected chi connectivity index (χ2v) is 5.08. The molecule has 0 aromatic heterocycles. The van der Waals surface area contributed by atoms with E-state index in [0.717, 1.165) is 0 Å². The highest BCUT2D eigenvalue weighted by atomic mass is 16.5. The molecule has 0 spiro atoms. The first-order valence-corrected chi connectivity index (χ1v) is 7.50. The van der Waals surface area contributed by atoms with Crippen molar-refractivity contribution in [3.63, 3.8) is 0 Å². The van der Waals surface area contributed by atoms with Crippen LogP contribution in [0.2, 0.25) is 0 Å². The SMILES string of the molecule is COC(=O)C(Nc1ccc(C#N)cc1)c1cc(O)ccc1OCCO. The minimum atomic E-state index is -0.946. The van der Waals surface area contributed by atoms with Gasteiger partial charge in [-0.25, -0.2) is 4.79 Å². The lowest BCUT2D eigenvalue weighted by atomic mass is 10.0. The van der Waals surface area contributed by atoms with Gasteiger partial charge in [0.1, 0.15) is 18.1 Å². The zero-order valence-corrected chi connectivity index (χ0v) is 13.6. The zero-order valence-electron chi connectivity index (χ0n) is 13.6. The number of phenols is 1. The Kier molecular flexibility index (Phi) is 6.20. The first kappa shape index (κ1) is 18.1. The van der Waals surface area contributed by atoms with Gasteiger partial charge in [0.2, 0.25) is 0 Å². The van der Waals surface area contributed by atoms with Crippen molar-refractivity contribution in [1.82, 2.24) is 0 Å². The van der Waals surface area contributed by atoms with Gasteiger partial charge < -0.3 is 25.0 Å². The maximum Gasteiger partial charge on any atom is 0.333 e. The molecular weight excluding hydrogens is 324 g/mol. The summed E-state index contributed by atoms with van der Waals surface area (Å²) in [4.78, 5) is 12.3. The van der Waals surface area contributed by atoms with Gasteiger partial charge in [0.15, 0.2) is 6.04 Å². The van der Waals surface area contributed by atoms with Crippen LogP contribution in [0.15, 0.2) is 42.5 Å². The number of benzene rings is 2. The van der Waals surface area contributed by atoms with Crippen molar-refractivity contribution in [2.45, 2.75) is 6.04 Å². The highest BCUT2D eigenvalue weighted by Gasteiger charge is 2.25. The molecule has 1 atom stereocenters. The maximum atomic E-state index is 12.3. The van der Waals surface area contributed by atoms with Crippen LogP contribution in [0.1, 0.15) is 17.2 Å². The normalized spacial score (nSPS) is 11.2. The van der Waals surface area contributed by atoms with Crippen LogP contribution >= 0.6 is 0 Å². The van der Waals surface area contributed by atoms with Gasteiger partial charge in [0, 0.05) is 11.3 Å². The number of carbonyl (C=O) groups excluding carboxylic acids is 1. The van der Waals surface area contributed by atoms with E-state index in [1.54, 1.807) is 24.3 Å². The van der Waals surface area contributed by atoms with Crippen LogP contribution < -0.4 is 10.1 Å². The van der Waals surface area contributed by atoms with Gasteiger partial charge >= 0.3 is 5.97 Å². The number of anilines is 1. The molecule has 3 N–H and O–H groups in total. The Hall–Kier alpha value is -3.24. The molecule has 0 amide bonds. The molecule has 7 heteroatoms. The molecular formula is C18H18N2O5. The van der Waals surface area contributed by atoms with Crippen molar-refractivity contribution in [2.24, 2.45) is 0 Å². The third-order valence-corrected chi connectivity index (χ3v) is 3.42. The molecule has 2 aromatic carbocycles. The van der Waals surface area contributed by atoms with Crippen LogP contribution in [-0.2, 0) is 9.53 Å². The summed E-state index contributed by atoms with van der Waals surface area (Å²) in [5.41, 5.74) is 1.44. The van der Waals surface area contributed by atoms with E-state index < -0.39 is 12.0 Å². The molecule has 25 heavy (non-hydrogen) atoms. The molecule has 0 bridgehead atoms. The third-order valence-electron chi connectivity index (χ3n) is 3.42. The van der Waals surface area contributed by atoms with Crippen molar-refractivity contribution < 1.29 is 24.5 Å². The molecule has 130 valence electrons. The molecule has 0 aliphatic heterocycles. The second-order valence-electron chi connectivity index (χ2n) is 5.08. The van der Waals surface area contributed by atoms with Gasteiger partial charge in [-0.2, -0.15) is 5.26 Å². The van der Waals surface area contributed by atoms with E-state index in [1.165, 1.54) is 25.3 Å². The van der Waals surface area contributed by atoms with Gasteiger partial charge in [0.05, 0.1) is 25.3 Å². The quantitative estimate of drug-likeness (QED) is 0.659. The number of aliphatic hydroxyl groups excluding tert-OH is 1. The molecule has 0 saturated heterocycles. The van der Waals surface area contributed by atoms with E-state index in [-0.39, 0.29) is 19.0 Å². The van der Waals surface area contributed by atoms with Gasteiger partial charge in [-0.15, -0.1) is 0 Å². The smallest absolute Gasteiger partial charge is 0.333 e. The molecule has 1 unspecified atom stereocenters. The van der Waals surface area contributed by atoms with Gasteiger partial charge in [-0.3, -0.25) is 0 Å². The molecule has 0 fully saturated rings. The average Bonchev–Trinajstić information content (AvgIpc) is 2.65. The number of phenolic OH excluding ortho intramolecular Hbond substituents is 1. The molecule has 0 aliphatic rings. The zero-order chi connectivity index (χ0) is 18.2. The summed E-state index contributed by atoms with van der Waals surface area (Å²) in [5.74, 6) is -0.283. The number of nitrogens with one attached hydrogen (secondary N) is 1. The van der Waals surface area contributed by atoms with E-state index in [0.29, 0.717) is 22.6 Å². The first-order valence-electron chi connectivity index (χ1n) is 7.50. The number of rotatable bonds is 7. The summed E-state index contributed by atoms with van der Waals surface area (Å²) < 4.78 is 10.3. The van der Waals surface area contributed by atoms with Crippen LogP contribution in [0.3, 0.4) is 0 Å². The van der Waals surface area contributed by atoms with E-state index in [4.69, 9.17) is 19.8 Å². The number of hydrogen-bond acceptors (Lipinski definition) is 7. The van der Waals surface area contributed by atoms with Gasteiger partial charge in [0.25, 0.3) is 0 Å². The maximum absolute atomic E-state index is 12.3. The number of nitriles is 1. The summed E-state index contributed by atoms with van der Waals surface area (Å²) in [6.07, 6.45) is 0. The number of carbonyl (C=O) groups is 1. The van der Waals surface area contributed by atoms with Crippen LogP contribution in [0.25, 0.3) is 0 Å². The fraction of sp³-hybridized carbons (Fsp3) is 0.222. The van der Waals surface area contributed by atoms with Crippen LogP contribution in [0.4, 0.5) is 5.69 Å². The Morgan fingerprint density at radius 3 is 2.60 bits per heavy atom. The number of aliphatic hydroxyl groups is 1. The number of esters is 1. The lowest BCUT2D eigenvalue weighted by molar-refractivity contribution is -0.141. The van der Waals surface area contributed by atoms with E-state index in [1.807, 2.05) is 6.07 Å². The number of ether oxygens (including phenoxy) is 2. The van der Waals surface area contributed by atoms with Gasteiger partial charge in [-0.1, -0.05) is 0 Å². The standard InChI is InChI=1S/C18H18N2O5/c1-24-18(23)17(20-13-4-2-12(11-19)3-5-13)15-10-14(22)6-7-16(15)25-9-8-21/h2-7,10,17,20-22H,8-9H2,1H3. The first-order chi connectivity index (χ1) is 12.1. The highest BCUT2D eigenvalue weighted by molar-refractivity contribution is 5.82. The Labute approximate surface area is 145 Å². The predicted octanol–water partition coefficient (Wildman–Crippen LogP) is 1.96. The van der Waals surface area contributed by atoms with Crippen molar-refractivity contribution >= 4 is 11.7 Å². The molecule has 0 heterocycles. The van der Waals surface area contributed by atoms with Crippen molar-refractivity contribution in [1.29, 1.82) is 5.26 Å². The largest absolute Gasteiger partial charge is 0.508 e. The number of hydrogen-bond donors (Lipinski definition) is 3. The second kappa shape index (κ2) is 8.57. The fourth-order valence-corrected chi connectivity index (χ4v) is 2.24. The minimum absolute atomic E-state index is 0.0399. The van der Waals surface area contributed by atoms with E-state index in [9.17, 15) is 9.90 Å². The Morgan fingerprint density at radius 2 is 2.00 bits per heavy atom. The van der Waals surface area contributed by atoms with Gasteiger partial charge in [-0.05, 0) is 42.5 Å². The van der Waals surface area contributed by atoms with E-state index >= 15 is 0 Å². The van der Waals surface area contributed by atoms with Crippen molar-refractivity contribution in [3.05, 3.63) is 53.6 Å².